The molecule has 0 atom stereocenters. The Labute approximate surface area is 173 Å². The summed E-state index contributed by atoms with van der Waals surface area (Å²) in [6.45, 7) is 1.07. The van der Waals surface area contributed by atoms with Crippen molar-refractivity contribution in [1.82, 2.24) is 9.88 Å². The minimum Gasteiger partial charge on any atom is -0.385 e. The first kappa shape index (κ1) is 19.1. The summed E-state index contributed by atoms with van der Waals surface area (Å²) >= 11 is 7.50. The maximum atomic E-state index is 12.7. The monoisotopic (exact) mass is 412 g/mol. The highest BCUT2D eigenvalue weighted by Crippen LogP contribution is 2.33. The number of rotatable bonds is 4. The van der Waals surface area contributed by atoms with E-state index in [1.807, 2.05) is 52.7 Å². The van der Waals surface area contributed by atoms with Gasteiger partial charge in [0.15, 0.2) is 0 Å². The number of carbonyl (C=O) groups is 1. The molecule has 144 valence electrons. The van der Waals surface area contributed by atoms with Gasteiger partial charge in [0, 0.05) is 29.1 Å². The van der Waals surface area contributed by atoms with E-state index in [2.05, 4.69) is 4.98 Å². The van der Waals surface area contributed by atoms with Crippen LogP contribution in [0.5, 0.6) is 0 Å². The zero-order valence-electron chi connectivity index (χ0n) is 15.3. The van der Waals surface area contributed by atoms with E-state index in [0.29, 0.717) is 37.4 Å². The summed E-state index contributed by atoms with van der Waals surface area (Å²) in [5.74, 6) is 0.0584. The molecule has 28 heavy (non-hydrogen) atoms. The lowest BCUT2D eigenvalue weighted by atomic mass is 9.84. The van der Waals surface area contributed by atoms with Crippen LogP contribution in [0.1, 0.15) is 24.1 Å². The number of piperidine rings is 1. The molecule has 1 saturated heterocycles. The van der Waals surface area contributed by atoms with E-state index in [-0.39, 0.29) is 5.91 Å². The maximum Gasteiger partial charge on any atom is 0.228 e. The van der Waals surface area contributed by atoms with Crippen molar-refractivity contribution in [2.45, 2.75) is 24.9 Å². The number of halogens is 1. The second-order valence-electron chi connectivity index (χ2n) is 7.11. The molecule has 4 nitrogen and oxygen atoms in total. The molecular weight excluding hydrogens is 392 g/mol. The Morgan fingerprint density at radius 3 is 2.46 bits per heavy atom. The Morgan fingerprint density at radius 2 is 1.79 bits per heavy atom. The van der Waals surface area contributed by atoms with Gasteiger partial charge >= 0.3 is 0 Å². The van der Waals surface area contributed by atoms with Gasteiger partial charge < -0.3 is 10.0 Å². The van der Waals surface area contributed by atoms with Gasteiger partial charge in [0.25, 0.3) is 0 Å². The van der Waals surface area contributed by atoms with Crippen LogP contribution in [0.4, 0.5) is 0 Å². The zero-order valence-corrected chi connectivity index (χ0v) is 16.9. The molecule has 2 heterocycles. The van der Waals surface area contributed by atoms with Gasteiger partial charge in [-0.3, -0.25) is 4.79 Å². The summed E-state index contributed by atoms with van der Waals surface area (Å²) in [6, 6.07) is 17.3. The van der Waals surface area contributed by atoms with Gasteiger partial charge in [-0.15, -0.1) is 11.3 Å². The Morgan fingerprint density at radius 1 is 1.11 bits per heavy atom. The second-order valence-corrected chi connectivity index (χ2v) is 8.40. The highest BCUT2D eigenvalue weighted by atomic mass is 35.5. The number of hydrogen-bond donors (Lipinski definition) is 1. The number of hydrogen-bond acceptors (Lipinski definition) is 4. The van der Waals surface area contributed by atoms with E-state index in [1.54, 1.807) is 23.5 Å². The van der Waals surface area contributed by atoms with Crippen molar-refractivity contribution < 1.29 is 9.90 Å². The third-order valence-electron chi connectivity index (χ3n) is 5.23. The number of benzene rings is 2. The van der Waals surface area contributed by atoms with Crippen LogP contribution in [0.2, 0.25) is 5.02 Å². The fourth-order valence-corrected chi connectivity index (χ4v) is 4.49. The standard InChI is InChI=1S/C22H21ClN2O2S/c23-18-8-6-17(7-9-18)22(27)10-12-25(13-11-22)20(26)14-19-15-28-21(24-19)16-4-2-1-3-5-16/h1-9,15,27H,10-14H2. The van der Waals surface area contributed by atoms with E-state index in [0.717, 1.165) is 21.8 Å². The van der Waals surface area contributed by atoms with Crippen molar-refractivity contribution in [2.24, 2.45) is 0 Å². The van der Waals surface area contributed by atoms with Crippen molar-refractivity contribution in [1.29, 1.82) is 0 Å². The topological polar surface area (TPSA) is 53.4 Å². The van der Waals surface area contributed by atoms with E-state index in [4.69, 9.17) is 11.6 Å². The predicted molar refractivity (Wildman–Crippen MR) is 112 cm³/mol. The first-order chi connectivity index (χ1) is 13.5. The zero-order chi connectivity index (χ0) is 19.6. The number of aromatic nitrogens is 1. The molecule has 0 radical (unpaired) electrons. The molecule has 1 aliphatic rings. The molecule has 0 unspecified atom stereocenters. The lowest BCUT2D eigenvalue weighted by Gasteiger charge is -2.38. The van der Waals surface area contributed by atoms with Crippen LogP contribution in [0.15, 0.2) is 60.0 Å². The van der Waals surface area contributed by atoms with Crippen LogP contribution in [-0.4, -0.2) is 34.0 Å². The normalized spacial score (nSPS) is 16.1. The lowest BCUT2D eigenvalue weighted by Crippen LogP contribution is -2.45. The third-order valence-corrected chi connectivity index (χ3v) is 6.42. The number of amides is 1. The van der Waals surface area contributed by atoms with Crippen LogP contribution in [0.3, 0.4) is 0 Å². The molecule has 4 rings (SSSR count). The SMILES string of the molecule is O=C(Cc1csc(-c2ccccc2)n1)N1CCC(O)(c2ccc(Cl)cc2)CC1. The summed E-state index contributed by atoms with van der Waals surface area (Å²) in [5.41, 5.74) is 1.82. The minimum atomic E-state index is -0.900. The summed E-state index contributed by atoms with van der Waals surface area (Å²) in [7, 11) is 0. The summed E-state index contributed by atoms with van der Waals surface area (Å²) in [6.07, 6.45) is 1.34. The molecule has 2 aromatic carbocycles. The van der Waals surface area contributed by atoms with E-state index in [1.165, 1.54) is 0 Å². The quantitative estimate of drug-likeness (QED) is 0.685. The van der Waals surface area contributed by atoms with Gasteiger partial charge in [-0.2, -0.15) is 0 Å². The number of aliphatic hydroxyl groups is 1. The van der Waals surface area contributed by atoms with Gasteiger partial charge in [-0.1, -0.05) is 54.1 Å². The summed E-state index contributed by atoms with van der Waals surface area (Å²) in [4.78, 5) is 19.1. The molecule has 0 aliphatic carbocycles. The molecule has 1 amide bonds. The molecule has 6 heteroatoms. The smallest absolute Gasteiger partial charge is 0.228 e. The highest BCUT2D eigenvalue weighted by molar-refractivity contribution is 7.13. The van der Waals surface area contributed by atoms with Gasteiger partial charge in [-0.05, 0) is 30.5 Å². The van der Waals surface area contributed by atoms with Crippen LogP contribution >= 0.6 is 22.9 Å². The van der Waals surface area contributed by atoms with E-state index < -0.39 is 5.60 Å². The number of carbonyl (C=O) groups excluding carboxylic acids is 1. The Kier molecular flexibility index (Phi) is 5.49. The average Bonchev–Trinajstić information content (AvgIpc) is 3.18. The Hall–Kier alpha value is -2.21. The van der Waals surface area contributed by atoms with Crippen molar-refractivity contribution in [3.8, 4) is 10.6 Å². The van der Waals surface area contributed by atoms with Gasteiger partial charge in [0.2, 0.25) is 5.91 Å². The van der Waals surface area contributed by atoms with Crippen molar-refractivity contribution in [2.75, 3.05) is 13.1 Å². The number of nitrogens with zero attached hydrogens (tertiary/aromatic N) is 2. The fraction of sp³-hybridized carbons (Fsp3) is 0.273. The summed E-state index contributed by atoms with van der Waals surface area (Å²) < 4.78 is 0. The fourth-order valence-electron chi connectivity index (χ4n) is 3.54. The first-order valence-electron chi connectivity index (χ1n) is 9.29. The van der Waals surface area contributed by atoms with Gasteiger partial charge in [-0.25, -0.2) is 4.98 Å². The molecule has 1 aromatic heterocycles. The molecule has 0 saturated carbocycles. The Bertz CT molecular complexity index is 948. The molecule has 1 N–H and O–H groups in total. The first-order valence-corrected chi connectivity index (χ1v) is 10.6. The third kappa shape index (κ3) is 4.12. The highest BCUT2D eigenvalue weighted by Gasteiger charge is 2.35. The molecular formula is C22H21ClN2O2S. The number of likely N-dealkylation sites (tertiary alicyclic amines) is 1. The molecule has 1 aliphatic heterocycles. The van der Waals surface area contributed by atoms with Gasteiger partial charge in [0.1, 0.15) is 5.01 Å². The van der Waals surface area contributed by atoms with Crippen molar-refractivity contribution in [3.63, 3.8) is 0 Å². The lowest BCUT2D eigenvalue weighted by molar-refractivity contribution is -0.135. The molecule has 3 aromatic rings. The minimum absolute atomic E-state index is 0.0584. The maximum absolute atomic E-state index is 12.7. The predicted octanol–water partition coefficient (Wildman–Crippen LogP) is 4.52. The molecule has 0 bridgehead atoms. The van der Waals surface area contributed by atoms with Gasteiger partial charge in [0.05, 0.1) is 17.7 Å². The average molecular weight is 413 g/mol. The van der Waals surface area contributed by atoms with E-state index >= 15 is 0 Å². The van der Waals surface area contributed by atoms with E-state index in [9.17, 15) is 9.90 Å². The van der Waals surface area contributed by atoms with Crippen LogP contribution in [-0.2, 0) is 16.8 Å². The Balaban J connectivity index is 1.37. The van der Waals surface area contributed by atoms with Crippen molar-refractivity contribution in [3.05, 3.63) is 76.3 Å². The summed E-state index contributed by atoms with van der Waals surface area (Å²) in [5, 5.41) is 14.5. The van der Waals surface area contributed by atoms with Crippen LogP contribution < -0.4 is 0 Å². The largest absolute Gasteiger partial charge is 0.385 e. The second kappa shape index (κ2) is 8.03. The van der Waals surface area contributed by atoms with Crippen LogP contribution in [0, 0.1) is 0 Å². The molecule has 0 spiro atoms. The molecule has 1 fully saturated rings. The van der Waals surface area contributed by atoms with Crippen LogP contribution in [0.25, 0.3) is 10.6 Å². The number of thiazole rings is 1. The van der Waals surface area contributed by atoms with Crippen molar-refractivity contribution >= 4 is 28.8 Å².